The predicted molar refractivity (Wildman–Crippen MR) is 104 cm³/mol. The van der Waals surface area contributed by atoms with Crippen LogP contribution in [0.3, 0.4) is 0 Å². The Kier molecular flexibility index (Phi) is 7.21. The lowest BCUT2D eigenvalue weighted by Crippen LogP contribution is -2.27. The molecule has 0 saturated heterocycles. The lowest BCUT2D eigenvalue weighted by molar-refractivity contribution is -0.118. The second-order valence-corrected chi connectivity index (χ2v) is 6.21. The Morgan fingerprint density at radius 2 is 1.69 bits per heavy atom. The minimum Gasteiger partial charge on any atom is -0.483 e. The standard InChI is InChI=1S/C21H26N2O3/c1-4-5-13-22-21(25)17-11-6-7-12-18(17)23-19(24)14-26-20-15(2)9-8-10-16(20)3/h6-12H,4-5,13-14H2,1-3H3,(H,22,25)(H,23,24). The van der Waals surface area contributed by atoms with Crippen LogP contribution in [0.4, 0.5) is 5.69 Å². The van der Waals surface area contributed by atoms with Gasteiger partial charge in [-0.1, -0.05) is 43.7 Å². The SMILES string of the molecule is CCCCNC(=O)c1ccccc1NC(=O)COc1c(C)cccc1C. The van der Waals surface area contributed by atoms with Crippen molar-refractivity contribution < 1.29 is 14.3 Å². The van der Waals surface area contributed by atoms with Crippen LogP contribution in [0.25, 0.3) is 0 Å². The second-order valence-electron chi connectivity index (χ2n) is 6.21. The third-order valence-corrected chi connectivity index (χ3v) is 4.02. The molecule has 0 radical (unpaired) electrons. The van der Waals surface area contributed by atoms with E-state index in [4.69, 9.17) is 4.74 Å². The highest BCUT2D eigenvalue weighted by molar-refractivity contribution is 6.04. The monoisotopic (exact) mass is 354 g/mol. The molecule has 0 aliphatic heterocycles. The van der Waals surface area contributed by atoms with E-state index in [2.05, 4.69) is 17.6 Å². The molecule has 2 amide bonds. The van der Waals surface area contributed by atoms with Gasteiger partial charge in [0.25, 0.3) is 11.8 Å². The number of benzene rings is 2. The van der Waals surface area contributed by atoms with Gasteiger partial charge in [0.05, 0.1) is 11.3 Å². The van der Waals surface area contributed by atoms with Gasteiger partial charge in [-0.3, -0.25) is 9.59 Å². The number of rotatable bonds is 8. The van der Waals surface area contributed by atoms with Crippen molar-refractivity contribution in [3.05, 3.63) is 59.2 Å². The molecule has 2 rings (SSSR count). The van der Waals surface area contributed by atoms with Gasteiger partial charge in [-0.25, -0.2) is 0 Å². The summed E-state index contributed by atoms with van der Waals surface area (Å²) >= 11 is 0. The maximum atomic E-state index is 12.3. The summed E-state index contributed by atoms with van der Waals surface area (Å²) in [5, 5.41) is 5.63. The van der Waals surface area contributed by atoms with Gasteiger partial charge in [-0.15, -0.1) is 0 Å². The van der Waals surface area contributed by atoms with Gasteiger partial charge in [0.2, 0.25) is 0 Å². The first-order valence-corrected chi connectivity index (χ1v) is 8.89. The smallest absolute Gasteiger partial charge is 0.262 e. The molecular formula is C21H26N2O3. The summed E-state index contributed by atoms with van der Waals surface area (Å²) in [5.41, 5.74) is 2.89. The highest BCUT2D eigenvalue weighted by atomic mass is 16.5. The van der Waals surface area contributed by atoms with Crippen LogP contribution in [-0.4, -0.2) is 25.0 Å². The molecule has 2 N–H and O–H groups in total. The first kappa shape index (κ1) is 19.5. The third kappa shape index (κ3) is 5.34. The van der Waals surface area contributed by atoms with Crippen molar-refractivity contribution in [1.82, 2.24) is 5.32 Å². The number of nitrogens with one attached hydrogen (secondary N) is 2. The summed E-state index contributed by atoms with van der Waals surface area (Å²) in [6.07, 6.45) is 1.93. The Morgan fingerprint density at radius 3 is 2.38 bits per heavy atom. The number of amides is 2. The molecule has 0 fully saturated rings. The van der Waals surface area contributed by atoms with Crippen molar-refractivity contribution in [3.8, 4) is 5.75 Å². The Bertz CT molecular complexity index is 751. The molecule has 0 unspecified atom stereocenters. The van der Waals surface area contributed by atoms with Crippen LogP contribution in [0.1, 0.15) is 41.3 Å². The zero-order valence-corrected chi connectivity index (χ0v) is 15.6. The Hall–Kier alpha value is -2.82. The number of hydrogen-bond donors (Lipinski definition) is 2. The maximum absolute atomic E-state index is 12.3. The zero-order chi connectivity index (χ0) is 18.9. The molecule has 0 spiro atoms. The number of ether oxygens (including phenoxy) is 1. The molecule has 0 aromatic heterocycles. The topological polar surface area (TPSA) is 67.4 Å². The lowest BCUT2D eigenvalue weighted by atomic mass is 10.1. The van der Waals surface area contributed by atoms with Crippen molar-refractivity contribution >= 4 is 17.5 Å². The Balaban J connectivity index is 2.00. The number of unbranched alkanes of at least 4 members (excludes halogenated alkanes) is 1. The van der Waals surface area contributed by atoms with E-state index < -0.39 is 0 Å². The van der Waals surface area contributed by atoms with Crippen molar-refractivity contribution in [2.45, 2.75) is 33.6 Å². The van der Waals surface area contributed by atoms with E-state index in [0.29, 0.717) is 23.5 Å². The average molecular weight is 354 g/mol. The van der Waals surface area contributed by atoms with Crippen molar-refractivity contribution in [1.29, 1.82) is 0 Å². The molecule has 5 nitrogen and oxygen atoms in total. The van der Waals surface area contributed by atoms with Gasteiger partial charge in [0, 0.05) is 6.54 Å². The van der Waals surface area contributed by atoms with Crippen molar-refractivity contribution in [2.24, 2.45) is 0 Å². The molecular weight excluding hydrogens is 328 g/mol. The van der Waals surface area contributed by atoms with E-state index in [0.717, 1.165) is 24.0 Å². The van der Waals surface area contributed by atoms with E-state index in [1.165, 1.54) is 0 Å². The van der Waals surface area contributed by atoms with Crippen molar-refractivity contribution in [2.75, 3.05) is 18.5 Å². The molecule has 0 atom stereocenters. The first-order valence-electron chi connectivity index (χ1n) is 8.89. The van der Waals surface area contributed by atoms with E-state index in [9.17, 15) is 9.59 Å². The normalized spacial score (nSPS) is 10.3. The number of hydrogen-bond acceptors (Lipinski definition) is 3. The zero-order valence-electron chi connectivity index (χ0n) is 15.6. The fourth-order valence-corrected chi connectivity index (χ4v) is 2.61. The highest BCUT2D eigenvalue weighted by Crippen LogP contribution is 2.22. The molecule has 2 aromatic rings. The predicted octanol–water partition coefficient (Wildman–Crippen LogP) is 3.85. The van der Waals surface area contributed by atoms with Crippen LogP contribution in [0.2, 0.25) is 0 Å². The molecule has 26 heavy (non-hydrogen) atoms. The van der Waals surface area contributed by atoms with Gasteiger partial charge in [0.1, 0.15) is 5.75 Å². The van der Waals surface area contributed by atoms with Gasteiger partial charge >= 0.3 is 0 Å². The summed E-state index contributed by atoms with van der Waals surface area (Å²) in [7, 11) is 0. The first-order chi connectivity index (χ1) is 12.5. The summed E-state index contributed by atoms with van der Waals surface area (Å²) < 4.78 is 5.67. The molecule has 0 saturated carbocycles. The average Bonchev–Trinajstić information content (AvgIpc) is 2.62. The van der Waals surface area contributed by atoms with Gasteiger partial charge in [0.15, 0.2) is 6.61 Å². The van der Waals surface area contributed by atoms with Crippen LogP contribution in [0.15, 0.2) is 42.5 Å². The number of anilines is 1. The van der Waals surface area contributed by atoms with Crippen LogP contribution in [0, 0.1) is 13.8 Å². The van der Waals surface area contributed by atoms with Crippen LogP contribution in [0.5, 0.6) is 5.75 Å². The summed E-state index contributed by atoms with van der Waals surface area (Å²) in [4.78, 5) is 24.6. The highest BCUT2D eigenvalue weighted by Gasteiger charge is 2.13. The minimum absolute atomic E-state index is 0.114. The molecule has 2 aromatic carbocycles. The summed E-state index contributed by atoms with van der Waals surface area (Å²) in [5.74, 6) is 0.222. The number of para-hydroxylation sites is 2. The molecule has 138 valence electrons. The maximum Gasteiger partial charge on any atom is 0.262 e. The van der Waals surface area contributed by atoms with E-state index in [1.54, 1.807) is 24.3 Å². The molecule has 0 bridgehead atoms. The van der Waals surface area contributed by atoms with Gasteiger partial charge in [-0.2, -0.15) is 0 Å². The van der Waals surface area contributed by atoms with Crippen molar-refractivity contribution in [3.63, 3.8) is 0 Å². The van der Waals surface area contributed by atoms with Crippen LogP contribution in [-0.2, 0) is 4.79 Å². The van der Waals surface area contributed by atoms with Gasteiger partial charge < -0.3 is 15.4 Å². The van der Waals surface area contributed by atoms with Crippen LogP contribution < -0.4 is 15.4 Å². The Morgan fingerprint density at radius 1 is 1.00 bits per heavy atom. The fraction of sp³-hybridized carbons (Fsp3) is 0.333. The largest absolute Gasteiger partial charge is 0.483 e. The third-order valence-electron chi connectivity index (χ3n) is 4.02. The molecule has 0 aliphatic carbocycles. The minimum atomic E-state index is -0.304. The Labute approximate surface area is 154 Å². The fourth-order valence-electron chi connectivity index (χ4n) is 2.61. The quantitative estimate of drug-likeness (QED) is 0.708. The summed E-state index contributed by atoms with van der Waals surface area (Å²) in [6, 6.07) is 12.8. The van der Waals surface area contributed by atoms with Crippen LogP contribution >= 0.6 is 0 Å². The van der Waals surface area contributed by atoms with E-state index in [1.807, 2.05) is 32.0 Å². The number of carbonyl (C=O) groups excluding carboxylic acids is 2. The number of aryl methyl sites for hydroxylation is 2. The van der Waals surface area contributed by atoms with E-state index in [-0.39, 0.29) is 18.4 Å². The molecule has 0 aliphatic rings. The van der Waals surface area contributed by atoms with E-state index >= 15 is 0 Å². The van der Waals surface area contributed by atoms with Gasteiger partial charge in [-0.05, 0) is 43.5 Å². The second kappa shape index (κ2) is 9.61. The lowest BCUT2D eigenvalue weighted by Gasteiger charge is -2.13. The number of carbonyl (C=O) groups is 2. The summed E-state index contributed by atoms with van der Waals surface area (Å²) in [6.45, 7) is 6.45. The molecule has 0 heterocycles. The molecule has 5 heteroatoms.